The van der Waals surface area contributed by atoms with Gasteiger partial charge in [0, 0.05) is 12.1 Å². The van der Waals surface area contributed by atoms with Crippen LogP contribution in [-0.4, -0.2) is 32.5 Å². The minimum absolute atomic E-state index is 0.00296. The summed E-state index contributed by atoms with van der Waals surface area (Å²) in [4.78, 5) is 36.2. The maximum Gasteiger partial charge on any atom is 0.327 e. The number of primary amides is 1. The molecule has 0 unspecified atom stereocenters. The van der Waals surface area contributed by atoms with E-state index in [-0.39, 0.29) is 16.9 Å². The number of aromatic amines is 1. The van der Waals surface area contributed by atoms with Crippen molar-refractivity contribution in [3.05, 3.63) is 75.8 Å². The van der Waals surface area contributed by atoms with Crippen LogP contribution >= 0.6 is 0 Å². The smallest absolute Gasteiger partial charge is 0.327 e. The first-order chi connectivity index (χ1) is 14.5. The van der Waals surface area contributed by atoms with Gasteiger partial charge in [0.15, 0.2) is 17.2 Å². The fraction of sp³-hybridized carbons (Fsp3) is 0.182. The number of hydrogen-bond acceptors (Lipinski definition) is 5. The first-order valence-corrected chi connectivity index (χ1v) is 9.46. The molecule has 1 amide bonds. The van der Waals surface area contributed by atoms with Crippen LogP contribution in [0.3, 0.4) is 0 Å². The number of hydrogen-bond donors (Lipinski definition) is 2. The van der Waals surface area contributed by atoms with Gasteiger partial charge in [0.25, 0.3) is 5.91 Å². The number of amides is 1. The molecule has 152 valence electrons. The van der Waals surface area contributed by atoms with Crippen molar-refractivity contribution >= 4 is 17.1 Å². The number of rotatable bonds is 6. The van der Waals surface area contributed by atoms with Crippen molar-refractivity contribution in [2.75, 3.05) is 7.11 Å². The Labute approximate surface area is 172 Å². The average molecular weight is 403 g/mol. The molecule has 0 bridgehead atoms. The summed E-state index contributed by atoms with van der Waals surface area (Å²) in [6, 6.07) is 15.2. The molecule has 8 heteroatoms. The van der Waals surface area contributed by atoms with E-state index in [1.807, 2.05) is 55.5 Å². The van der Waals surface area contributed by atoms with E-state index >= 15 is 0 Å². The molecule has 0 aliphatic carbocycles. The zero-order valence-electron chi connectivity index (χ0n) is 16.7. The largest absolute Gasteiger partial charge is 0.497 e. The highest BCUT2D eigenvalue weighted by molar-refractivity contribution is 6.01. The summed E-state index contributed by atoms with van der Waals surface area (Å²) < 4.78 is 6.68. The van der Waals surface area contributed by atoms with E-state index in [4.69, 9.17) is 10.5 Å². The van der Waals surface area contributed by atoms with Crippen molar-refractivity contribution in [3.8, 4) is 17.1 Å². The highest BCUT2D eigenvalue weighted by Gasteiger charge is 2.19. The summed E-state index contributed by atoms with van der Waals surface area (Å²) in [6.07, 6.45) is 0.604. The highest BCUT2D eigenvalue weighted by Crippen LogP contribution is 2.21. The molecular formula is C22H21N5O3. The molecule has 0 atom stereocenters. The monoisotopic (exact) mass is 403 g/mol. The minimum atomic E-state index is -0.722. The second-order valence-electron chi connectivity index (χ2n) is 7.01. The van der Waals surface area contributed by atoms with Crippen LogP contribution in [0, 0.1) is 6.92 Å². The number of ether oxygens (including phenoxy) is 1. The molecule has 2 aromatic carbocycles. The molecular weight excluding hydrogens is 382 g/mol. The molecule has 0 aliphatic heterocycles. The second kappa shape index (κ2) is 7.82. The maximum absolute atomic E-state index is 12.6. The van der Waals surface area contributed by atoms with Gasteiger partial charge < -0.3 is 15.5 Å². The van der Waals surface area contributed by atoms with Crippen molar-refractivity contribution in [3.63, 3.8) is 0 Å². The van der Waals surface area contributed by atoms with Gasteiger partial charge in [-0.3, -0.25) is 9.36 Å². The predicted octanol–water partition coefficient (Wildman–Crippen LogP) is 2.45. The Morgan fingerprint density at radius 2 is 1.93 bits per heavy atom. The predicted molar refractivity (Wildman–Crippen MR) is 114 cm³/mol. The van der Waals surface area contributed by atoms with Gasteiger partial charge in [-0.1, -0.05) is 35.9 Å². The third-order valence-electron chi connectivity index (χ3n) is 4.92. The Morgan fingerprint density at radius 1 is 1.17 bits per heavy atom. The van der Waals surface area contributed by atoms with Gasteiger partial charge in [-0.15, -0.1) is 0 Å². The van der Waals surface area contributed by atoms with Crippen LogP contribution in [0.4, 0.5) is 0 Å². The Morgan fingerprint density at radius 3 is 2.60 bits per heavy atom. The number of nitrogens with two attached hydrogens (primary N) is 1. The molecule has 30 heavy (non-hydrogen) atoms. The van der Waals surface area contributed by atoms with E-state index in [2.05, 4.69) is 15.0 Å². The molecule has 2 aromatic heterocycles. The van der Waals surface area contributed by atoms with Crippen LogP contribution in [0.15, 0.2) is 53.3 Å². The van der Waals surface area contributed by atoms with E-state index < -0.39 is 5.91 Å². The van der Waals surface area contributed by atoms with Crippen molar-refractivity contribution < 1.29 is 9.53 Å². The van der Waals surface area contributed by atoms with Gasteiger partial charge >= 0.3 is 5.69 Å². The molecule has 4 rings (SSSR count). The third-order valence-corrected chi connectivity index (χ3v) is 4.92. The van der Waals surface area contributed by atoms with E-state index in [0.29, 0.717) is 24.4 Å². The van der Waals surface area contributed by atoms with E-state index in [1.165, 1.54) is 4.57 Å². The van der Waals surface area contributed by atoms with Crippen LogP contribution in [0.1, 0.15) is 21.6 Å². The standard InChI is InChI=1S/C22H21N5O3/c1-13-4-3-5-15(12-13)20-24-17(19(23)28)18-21(26-20)27(22(29)25-18)11-10-14-6-8-16(30-2)9-7-14/h3-9,12H,10-11H2,1-2H3,(H2,23,28)(H,25,29). The lowest BCUT2D eigenvalue weighted by Crippen LogP contribution is -2.18. The quantitative estimate of drug-likeness (QED) is 0.513. The highest BCUT2D eigenvalue weighted by atomic mass is 16.5. The Bertz CT molecular complexity index is 1290. The minimum Gasteiger partial charge on any atom is -0.497 e. The fourth-order valence-electron chi connectivity index (χ4n) is 3.36. The molecule has 0 spiro atoms. The third kappa shape index (κ3) is 3.67. The number of carbonyl (C=O) groups is 1. The van der Waals surface area contributed by atoms with Crippen molar-refractivity contribution in [1.82, 2.24) is 19.5 Å². The van der Waals surface area contributed by atoms with Crippen LogP contribution in [0.25, 0.3) is 22.6 Å². The van der Waals surface area contributed by atoms with Gasteiger partial charge in [0.1, 0.15) is 11.3 Å². The van der Waals surface area contributed by atoms with E-state index in [9.17, 15) is 9.59 Å². The molecule has 0 radical (unpaired) electrons. The molecule has 0 fully saturated rings. The number of benzene rings is 2. The van der Waals surface area contributed by atoms with Crippen molar-refractivity contribution in [2.24, 2.45) is 5.73 Å². The van der Waals surface area contributed by atoms with Gasteiger partial charge in [0.2, 0.25) is 0 Å². The van der Waals surface area contributed by atoms with Gasteiger partial charge in [0.05, 0.1) is 7.11 Å². The molecule has 4 aromatic rings. The number of aromatic nitrogens is 4. The first-order valence-electron chi connectivity index (χ1n) is 9.46. The zero-order chi connectivity index (χ0) is 21.3. The number of aryl methyl sites for hydroxylation is 3. The summed E-state index contributed by atoms with van der Waals surface area (Å²) in [5, 5.41) is 0. The molecule has 0 saturated carbocycles. The molecule has 3 N–H and O–H groups in total. The average Bonchev–Trinajstić information content (AvgIpc) is 3.06. The lowest BCUT2D eigenvalue weighted by atomic mass is 10.1. The fourth-order valence-corrected chi connectivity index (χ4v) is 3.36. The van der Waals surface area contributed by atoms with Crippen LogP contribution in [-0.2, 0) is 13.0 Å². The molecule has 0 saturated heterocycles. The summed E-state index contributed by atoms with van der Waals surface area (Å²) in [6.45, 7) is 2.34. The number of carbonyl (C=O) groups excluding carboxylic acids is 1. The number of nitrogens with one attached hydrogen (secondary N) is 1. The van der Waals surface area contributed by atoms with Crippen LogP contribution < -0.4 is 16.2 Å². The first kappa shape index (κ1) is 19.4. The maximum atomic E-state index is 12.6. The summed E-state index contributed by atoms with van der Waals surface area (Å²) in [5.41, 5.74) is 8.59. The second-order valence-corrected chi connectivity index (χ2v) is 7.01. The number of H-pyrrole nitrogens is 1. The van der Waals surface area contributed by atoms with Crippen LogP contribution in [0.2, 0.25) is 0 Å². The number of fused-ring (bicyclic) bond motifs is 1. The van der Waals surface area contributed by atoms with Gasteiger partial charge in [-0.25, -0.2) is 14.8 Å². The van der Waals surface area contributed by atoms with E-state index in [0.717, 1.165) is 22.4 Å². The lowest BCUT2D eigenvalue weighted by Gasteiger charge is -2.07. The van der Waals surface area contributed by atoms with Gasteiger partial charge in [-0.05, 0) is 37.1 Å². The zero-order valence-corrected chi connectivity index (χ0v) is 16.7. The normalized spacial score (nSPS) is 11.0. The topological polar surface area (TPSA) is 116 Å². The van der Waals surface area contributed by atoms with Crippen LogP contribution in [0.5, 0.6) is 5.75 Å². The Hall–Kier alpha value is -3.94. The summed E-state index contributed by atoms with van der Waals surface area (Å²) >= 11 is 0. The molecule has 0 aliphatic rings. The summed E-state index contributed by atoms with van der Waals surface area (Å²) in [5.74, 6) is 0.390. The Kier molecular flexibility index (Phi) is 5.05. The lowest BCUT2D eigenvalue weighted by molar-refractivity contribution is 0.0997. The number of imidazole rings is 1. The van der Waals surface area contributed by atoms with Crippen molar-refractivity contribution in [2.45, 2.75) is 19.9 Å². The van der Waals surface area contributed by atoms with Gasteiger partial charge in [-0.2, -0.15) is 0 Å². The SMILES string of the molecule is COc1ccc(CCn2c(=O)[nH]c3c(C(N)=O)nc(-c4cccc(C)c4)nc32)cc1. The Balaban J connectivity index is 1.78. The van der Waals surface area contributed by atoms with Crippen molar-refractivity contribution in [1.29, 1.82) is 0 Å². The summed E-state index contributed by atoms with van der Waals surface area (Å²) in [7, 11) is 1.61. The van der Waals surface area contributed by atoms with E-state index in [1.54, 1.807) is 7.11 Å². The number of methoxy groups -OCH3 is 1. The number of nitrogens with zero attached hydrogens (tertiary/aromatic N) is 3. The molecule has 2 heterocycles. The molecule has 8 nitrogen and oxygen atoms in total.